The van der Waals surface area contributed by atoms with Crippen LogP contribution in [-0.2, 0) is 11.3 Å². The number of hydrogen-bond acceptors (Lipinski definition) is 5. The Labute approximate surface area is 145 Å². The van der Waals surface area contributed by atoms with Crippen LogP contribution in [0.2, 0.25) is 0 Å². The normalized spacial score (nSPS) is 14.0. The molecule has 1 aromatic heterocycles. The highest BCUT2D eigenvalue weighted by Crippen LogP contribution is 2.30. The topological polar surface area (TPSA) is 88.6 Å². The van der Waals surface area contributed by atoms with Crippen molar-refractivity contribution in [1.82, 2.24) is 10.2 Å². The molecule has 0 saturated carbocycles. The molecule has 7 heteroatoms. The van der Waals surface area contributed by atoms with Crippen molar-refractivity contribution in [3.63, 3.8) is 0 Å². The number of hydrogen-bond donors (Lipinski definition) is 1. The molecular weight excluding hydrogens is 322 g/mol. The highest BCUT2D eigenvalue weighted by molar-refractivity contribution is 5.76. The minimum atomic E-state index is -0.417. The number of furan rings is 1. The lowest BCUT2D eigenvalue weighted by Gasteiger charge is -2.14. The summed E-state index contributed by atoms with van der Waals surface area (Å²) < 4.78 is 5.71. The standard InChI is InChI=1S/C18H21N3O4/c22-18(20-11-3-4-12-20)9-10-19-13-14-7-8-17(25-14)15-5-1-2-6-16(15)21(23)24/h1-2,5-8,19H,3-4,9-13H2. The molecule has 0 aliphatic carbocycles. The van der Waals surface area contributed by atoms with Gasteiger partial charge in [0.2, 0.25) is 5.91 Å². The Hall–Kier alpha value is -2.67. The van der Waals surface area contributed by atoms with E-state index in [2.05, 4.69) is 5.32 Å². The van der Waals surface area contributed by atoms with Crippen molar-refractivity contribution in [3.8, 4) is 11.3 Å². The van der Waals surface area contributed by atoms with Crippen molar-refractivity contribution in [2.24, 2.45) is 0 Å². The van der Waals surface area contributed by atoms with Crippen molar-refractivity contribution < 1.29 is 14.1 Å². The molecule has 1 saturated heterocycles. The lowest BCUT2D eigenvalue weighted by atomic mass is 10.1. The minimum absolute atomic E-state index is 0.0209. The molecule has 1 amide bonds. The van der Waals surface area contributed by atoms with Gasteiger partial charge < -0.3 is 14.6 Å². The number of amides is 1. The molecule has 2 aromatic rings. The predicted octanol–water partition coefficient (Wildman–Crippen LogP) is 2.96. The fourth-order valence-electron chi connectivity index (χ4n) is 2.99. The highest BCUT2D eigenvalue weighted by Gasteiger charge is 2.18. The van der Waals surface area contributed by atoms with Crippen LogP contribution in [0, 0.1) is 10.1 Å². The SMILES string of the molecule is O=C(CCNCc1ccc(-c2ccccc2[N+](=O)[O-])o1)N1CCCC1. The number of rotatable bonds is 7. The quantitative estimate of drug-likeness (QED) is 0.474. The Morgan fingerprint density at radius 1 is 1.20 bits per heavy atom. The van der Waals surface area contributed by atoms with Gasteiger partial charge in [-0.3, -0.25) is 14.9 Å². The summed E-state index contributed by atoms with van der Waals surface area (Å²) in [4.78, 5) is 24.5. The number of nitrogens with one attached hydrogen (secondary N) is 1. The number of benzene rings is 1. The van der Waals surface area contributed by atoms with E-state index in [1.807, 2.05) is 4.90 Å². The molecule has 1 aromatic carbocycles. The van der Waals surface area contributed by atoms with E-state index in [-0.39, 0.29) is 11.6 Å². The first kappa shape index (κ1) is 17.2. The highest BCUT2D eigenvalue weighted by atomic mass is 16.6. The van der Waals surface area contributed by atoms with Gasteiger partial charge in [0, 0.05) is 32.1 Å². The molecule has 132 valence electrons. The van der Waals surface area contributed by atoms with E-state index in [4.69, 9.17) is 4.42 Å². The Bertz CT molecular complexity index is 750. The zero-order valence-electron chi connectivity index (χ0n) is 13.9. The molecular formula is C18H21N3O4. The first-order valence-corrected chi connectivity index (χ1v) is 8.46. The summed E-state index contributed by atoms with van der Waals surface area (Å²) >= 11 is 0. The van der Waals surface area contributed by atoms with Gasteiger partial charge in [0.15, 0.2) is 0 Å². The van der Waals surface area contributed by atoms with Crippen molar-refractivity contribution in [2.45, 2.75) is 25.8 Å². The fraction of sp³-hybridized carbons (Fsp3) is 0.389. The van der Waals surface area contributed by atoms with Crippen molar-refractivity contribution in [2.75, 3.05) is 19.6 Å². The van der Waals surface area contributed by atoms with Gasteiger partial charge in [-0.25, -0.2) is 0 Å². The molecule has 0 atom stereocenters. The number of carbonyl (C=O) groups is 1. The number of nitro benzene ring substituents is 1. The van der Waals surface area contributed by atoms with Crippen LogP contribution >= 0.6 is 0 Å². The average molecular weight is 343 g/mol. The maximum Gasteiger partial charge on any atom is 0.280 e. The first-order valence-electron chi connectivity index (χ1n) is 8.46. The molecule has 1 N–H and O–H groups in total. The van der Waals surface area contributed by atoms with Gasteiger partial charge in [-0.2, -0.15) is 0 Å². The van der Waals surface area contributed by atoms with Gasteiger partial charge >= 0.3 is 0 Å². The van der Waals surface area contributed by atoms with Crippen LogP contribution in [0.1, 0.15) is 25.0 Å². The van der Waals surface area contributed by atoms with E-state index in [9.17, 15) is 14.9 Å². The summed E-state index contributed by atoms with van der Waals surface area (Å²) in [5.41, 5.74) is 0.482. The minimum Gasteiger partial charge on any atom is -0.459 e. The lowest BCUT2D eigenvalue weighted by Crippen LogP contribution is -2.30. The maximum atomic E-state index is 11.9. The zero-order chi connectivity index (χ0) is 17.6. The molecule has 0 radical (unpaired) electrons. The third-order valence-corrected chi connectivity index (χ3v) is 4.30. The van der Waals surface area contributed by atoms with E-state index in [0.717, 1.165) is 25.9 Å². The molecule has 1 aliphatic heterocycles. The number of nitro groups is 1. The molecule has 2 heterocycles. The summed E-state index contributed by atoms with van der Waals surface area (Å²) in [6.07, 6.45) is 2.66. The van der Waals surface area contributed by atoms with Crippen molar-refractivity contribution in [3.05, 3.63) is 52.3 Å². The third-order valence-electron chi connectivity index (χ3n) is 4.30. The number of para-hydroxylation sites is 1. The Balaban J connectivity index is 1.52. The molecule has 3 rings (SSSR count). The van der Waals surface area contributed by atoms with Gasteiger partial charge in [-0.05, 0) is 31.0 Å². The van der Waals surface area contributed by atoms with Gasteiger partial charge in [0.1, 0.15) is 11.5 Å². The van der Waals surface area contributed by atoms with E-state index in [1.54, 1.807) is 30.3 Å². The van der Waals surface area contributed by atoms with E-state index in [0.29, 0.717) is 36.6 Å². The molecule has 1 fully saturated rings. The van der Waals surface area contributed by atoms with Gasteiger partial charge in [-0.1, -0.05) is 12.1 Å². The van der Waals surface area contributed by atoms with Crippen molar-refractivity contribution >= 4 is 11.6 Å². The summed E-state index contributed by atoms with van der Waals surface area (Å²) in [7, 11) is 0. The van der Waals surface area contributed by atoms with Crippen LogP contribution in [0.3, 0.4) is 0 Å². The maximum absolute atomic E-state index is 11.9. The fourth-order valence-corrected chi connectivity index (χ4v) is 2.99. The number of likely N-dealkylation sites (tertiary alicyclic amines) is 1. The number of carbonyl (C=O) groups excluding carboxylic acids is 1. The number of nitrogens with zero attached hydrogens (tertiary/aromatic N) is 2. The third kappa shape index (κ3) is 4.24. The summed E-state index contributed by atoms with van der Waals surface area (Å²) in [6, 6.07) is 10.0. The summed E-state index contributed by atoms with van der Waals surface area (Å²) in [6.45, 7) is 2.80. The summed E-state index contributed by atoms with van der Waals surface area (Å²) in [5.74, 6) is 1.34. The monoisotopic (exact) mass is 343 g/mol. The van der Waals surface area contributed by atoms with Crippen LogP contribution in [-0.4, -0.2) is 35.4 Å². The second-order valence-electron chi connectivity index (χ2n) is 6.05. The lowest BCUT2D eigenvalue weighted by molar-refractivity contribution is -0.384. The largest absolute Gasteiger partial charge is 0.459 e. The van der Waals surface area contributed by atoms with Gasteiger partial charge in [-0.15, -0.1) is 0 Å². The van der Waals surface area contributed by atoms with Crippen LogP contribution in [0.15, 0.2) is 40.8 Å². The molecule has 0 spiro atoms. The second-order valence-corrected chi connectivity index (χ2v) is 6.05. The second kappa shape index (κ2) is 7.94. The molecule has 7 nitrogen and oxygen atoms in total. The predicted molar refractivity (Wildman–Crippen MR) is 92.9 cm³/mol. The zero-order valence-corrected chi connectivity index (χ0v) is 13.9. The van der Waals surface area contributed by atoms with E-state index >= 15 is 0 Å². The van der Waals surface area contributed by atoms with E-state index < -0.39 is 4.92 Å². The van der Waals surface area contributed by atoms with Crippen molar-refractivity contribution in [1.29, 1.82) is 0 Å². The van der Waals surface area contributed by atoms with Gasteiger partial charge in [0.25, 0.3) is 5.69 Å². The van der Waals surface area contributed by atoms with Crippen LogP contribution in [0.5, 0.6) is 0 Å². The molecule has 0 unspecified atom stereocenters. The Morgan fingerprint density at radius 3 is 2.72 bits per heavy atom. The average Bonchev–Trinajstić information content (AvgIpc) is 3.30. The molecule has 25 heavy (non-hydrogen) atoms. The van der Waals surface area contributed by atoms with Crippen LogP contribution in [0.4, 0.5) is 5.69 Å². The summed E-state index contributed by atoms with van der Waals surface area (Å²) in [5, 5.41) is 14.3. The molecule has 0 bridgehead atoms. The molecule has 1 aliphatic rings. The first-order chi connectivity index (χ1) is 12.1. The Morgan fingerprint density at radius 2 is 1.96 bits per heavy atom. The smallest absolute Gasteiger partial charge is 0.280 e. The Kier molecular flexibility index (Phi) is 5.45. The van der Waals surface area contributed by atoms with E-state index in [1.165, 1.54) is 6.07 Å². The van der Waals surface area contributed by atoms with Crippen LogP contribution in [0.25, 0.3) is 11.3 Å². The van der Waals surface area contributed by atoms with Crippen LogP contribution < -0.4 is 5.32 Å². The van der Waals surface area contributed by atoms with Gasteiger partial charge in [0.05, 0.1) is 17.0 Å².